The summed E-state index contributed by atoms with van der Waals surface area (Å²) in [5.74, 6) is 0. The van der Waals surface area contributed by atoms with Crippen molar-refractivity contribution < 1.29 is 8.42 Å². The molecule has 1 aliphatic rings. The summed E-state index contributed by atoms with van der Waals surface area (Å²) in [5, 5.41) is -0.248. The average Bonchev–Trinajstić information content (AvgIpc) is 3.36. The Morgan fingerprint density at radius 3 is 2.57 bits per heavy atom. The Morgan fingerprint density at radius 1 is 1.09 bits per heavy atom. The zero-order chi connectivity index (χ0) is 15.9. The van der Waals surface area contributed by atoms with Gasteiger partial charge < -0.3 is 4.40 Å². The molecule has 1 aromatic carbocycles. The fraction of sp³-hybridized carbons (Fsp3) is 0.235. The van der Waals surface area contributed by atoms with Gasteiger partial charge in [-0.15, -0.1) is 0 Å². The summed E-state index contributed by atoms with van der Waals surface area (Å²) in [6.07, 6.45) is 5.15. The first-order valence-corrected chi connectivity index (χ1v) is 9.14. The minimum atomic E-state index is -3.33. The van der Waals surface area contributed by atoms with E-state index in [-0.39, 0.29) is 11.8 Å². The molecule has 2 heterocycles. The molecule has 0 unspecified atom stereocenters. The molecule has 6 heteroatoms. The second kappa shape index (κ2) is 5.38. The van der Waals surface area contributed by atoms with Crippen LogP contribution in [0, 0.1) is 0 Å². The topological polar surface area (TPSA) is 54.7 Å². The number of anilines is 1. The Hall–Kier alpha value is -2.34. The molecule has 1 aliphatic carbocycles. The standard InChI is InChI=1S/C17H17N3O2S/c21-23(22,16-9-10-16)20(14-6-2-1-3-7-14)13-15-12-18-17-8-4-5-11-19(15)17/h1-8,11-12,16H,9-10,13H2. The van der Waals surface area contributed by atoms with Crippen molar-refractivity contribution in [2.75, 3.05) is 4.31 Å². The van der Waals surface area contributed by atoms with Gasteiger partial charge in [-0.3, -0.25) is 4.31 Å². The fourth-order valence-electron chi connectivity index (χ4n) is 2.72. The summed E-state index contributed by atoms with van der Waals surface area (Å²) in [4.78, 5) is 4.35. The van der Waals surface area contributed by atoms with Crippen molar-refractivity contribution in [3.05, 3.63) is 66.6 Å². The highest BCUT2D eigenvalue weighted by molar-refractivity contribution is 7.93. The number of sulfonamides is 1. The van der Waals surface area contributed by atoms with E-state index in [2.05, 4.69) is 4.98 Å². The molecule has 2 aromatic heterocycles. The molecule has 0 radical (unpaired) electrons. The van der Waals surface area contributed by atoms with Gasteiger partial charge in [-0.2, -0.15) is 0 Å². The van der Waals surface area contributed by atoms with Crippen molar-refractivity contribution in [2.45, 2.75) is 24.6 Å². The van der Waals surface area contributed by atoms with Crippen molar-refractivity contribution in [1.82, 2.24) is 9.38 Å². The largest absolute Gasteiger partial charge is 0.302 e. The molecule has 0 atom stereocenters. The molecule has 0 bridgehead atoms. The molecule has 118 valence electrons. The van der Waals surface area contributed by atoms with E-state index < -0.39 is 10.0 Å². The second-order valence-corrected chi connectivity index (χ2v) is 7.90. The molecule has 1 saturated carbocycles. The van der Waals surface area contributed by atoms with Crippen LogP contribution in [-0.2, 0) is 16.6 Å². The lowest BCUT2D eigenvalue weighted by atomic mass is 10.3. The van der Waals surface area contributed by atoms with E-state index in [1.165, 1.54) is 4.31 Å². The third-order valence-electron chi connectivity index (χ3n) is 4.10. The Labute approximate surface area is 135 Å². The Kier molecular flexibility index (Phi) is 3.34. The predicted molar refractivity (Wildman–Crippen MR) is 89.8 cm³/mol. The van der Waals surface area contributed by atoms with E-state index in [1.54, 1.807) is 6.20 Å². The molecule has 0 amide bonds. The molecule has 0 N–H and O–H groups in total. The summed E-state index contributed by atoms with van der Waals surface area (Å²) in [6, 6.07) is 15.0. The van der Waals surface area contributed by atoms with Gasteiger partial charge in [0.2, 0.25) is 10.0 Å². The minimum absolute atomic E-state index is 0.248. The molecule has 5 nitrogen and oxygen atoms in total. The Balaban J connectivity index is 1.77. The number of pyridine rings is 1. The van der Waals surface area contributed by atoms with Crippen LogP contribution in [0.15, 0.2) is 60.9 Å². The van der Waals surface area contributed by atoms with Crippen molar-refractivity contribution in [3.63, 3.8) is 0 Å². The van der Waals surface area contributed by atoms with Crippen LogP contribution in [0.25, 0.3) is 5.65 Å². The van der Waals surface area contributed by atoms with Crippen LogP contribution in [0.5, 0.6) is 0 Å². The molecule has 3 aromatic rings. The quantitative estimate of drug-likeness (QED) is 0.724. The van der Waals surface area contributed by atoms with E-state index in [9.17, 15) is 8.42 Å². The van der Waals surface area contributed by atoms with Gasteiger partial charge in [0.05, 0.1) is 29.4 Å². The van der Waals surface area contributed by atoms with Crippen molar-refractivity contribution in [3.8, 4) is 0 Å². The number of fused-ring (bicyclic) bond motifs is 1. The zero-order valence-corrected chi connectivity index (χ0v) is 13.4. The van der Waals surface area contributed by atoms with Crippen LogP contribution in [0.1, 0.15) is 18.5 Å². The molecule has 0 saturated heterocycles. The SMILES string of the molecule is O=S(=O)(C1CC1)N(Cc1cnc2ccccn12)c1ccccc1. The van der Waals surface area contributed by atoms with E-state index in [4.69, 9.17) is 0 Å². The van der Waals surface area contributed by atoms with Crippen LogP contribution >= 0.6 is 0 Å². The highest BCUT2D eigenvalue weighted by atomic mass is 32.2. The summed E-state index contributed by atoms with van der Waals surface area (Å²) < 4.78 is 29.1. The monoisotopic (exact) mass is 327 g/mol. The zero-order valence-electron chi connectivity index (χ0n) is 12.5. The first kappa shape index (κ1) is 14.3. The van der Waals surface area contributed by atoms with Crippen molar-refractivity contribution >= 4 is 21.4 Å². The average molecular weight is 327 g/mol. The third-order valence-corrected chi connectivity index (χ3v) is 6.36. The maximum Gasteiger partial charge on any atom is 0.238 e. The number of benzene rings is 1. The van der Waals surface area contributed by atoms with Gasteiger partial charge in [0, 0.05) is 6.20 Å². The number of rotatable bonds is 5. The number of para-hydroxylation sites is 1. The van der Waals surface area contributed by atoms with Gasteiger partial charge in [0.15, 0.2) is 0 Å². The number of hydrogen-bond acceptors (Lipinski definition) is 3. The first-order valence-electron chi connectivity index (χ1n) is 7.64. The van der Waals surface area contributed by atoms with Gasteiger partial charge in [-0.25, -0.2) is 13.4 Å². The maximum atomic E-state index is 12.9. The lowest BCUT2D eigenvalue weighted by Crippen LogP contribution is -2.33. The smallest absolute Gasteiger partial charge is 0.238 e. The normalized spacial score (nSPS) is 15.0. The molecule has 0 aliphatic heterocycles. The van der Waals surface area contributed by atoms with Crippen LogP contribution in [0.4, 0.5) is 5.69 Å². The lowest BCUT2D eigenvalue weighted by Gasteiger charge is -2.24. The lowest BCUT2D eigenvalue weighted by molar-refractivity contribution is 0.588. The third kappa shape index (κ3) is 2.59. The summed E-state index contributed by atoms with van der Waals surface area (Å²) >= 11 is 0. The summed E-state index contributed by atoms with van der Waals surface area (Å²) in [5.41, 5.74) is 2.37. The Morgan fingerprint density at radius 2 is 1.83 bits per heavy atom. The van der Waals surface area contributed by atoms with Gasteiger partial charge in [-0.1, -0.05) is 24.3 Å². The Bertz CT molecular complexity index is 931. The van der Waals surface area contributed by atoms with Crippen LogP contribution < -0.4 is 4.31 Å². The summed E-state index contributed by atoms with van der Waals surface area (Å²) in [7, 11) is -3.33. The maximum absolute atomic E-state index is 12.9. The van der Waals surface area contributed by atoms with E-state index in [1.807, 2.05) is 59.1 Å². The number of nitrogens with zero attached hydrogens (tertiary/aromatic N) is 3. The molecule has 23 heavy (non-hydrogen) atoms. The van der Waals surface area contributed by atoms with Gasteiger partial charge in [0.25, 0.3) is 0 Å². The highest BCUT2D eigenvalue weighted by Gasteiger charge is 2.40. The second-order valence-electron chi connectivity index (χ2n) is 5.76. The fourth-order valence-corrected chi connectivity index (χ4v) is 4.54. The molecular weight excluding hydrogens is 310 g/mol. The van der Waals surface area contributed by atoms with Crippen LogP contribution in [0.2, 0.25) is 0 Å². The highest BCUT2D eigenvalue weighted by Crippen LogP contribution is 2.34. The van der Waals surface area contributed by atoms with Gasteiger partial charge in [-0.05, 0) is 37.1 Å². The van der Waals surface area contributed by atoms with E-state index in [0.29, 0.717) is 5.69 Å². The summed E-state index contributed by atoms with van der Waals surface area (Å²) in [6.45, 7) is 0.286. The number of hydrogen-bond donors (Lipinski definition) is 0. The number of aromatic nitrogens is 2. The first-order chi connectivity index (χ1) is 11.2. The van der Waals surface area contributed by atoms with Crippen molar-refractivity contribution in [1.29, 1.82) is 0 Å². The molecule has 1 fully saturated rings. The van der Waals surface area contributed by atoms with Gasteiger partial charge in [0.1, 0.15) is 5.65 Å². The van der Waals surface area contributed by atoms with Crippen LogP contribution in [0.3, 0.4) is 0 Å². The molecule has 4 rings (SSSR count). The van der Waals surface area contributed by atoms with Crippen LogP contribution in [-0.4, -0.2) is 23.1 Å². The minimum Gasteiger partial charge on any atom is -0.302 e. The predicted octanol–water partition coefficient (Wildman–Crippen LogP) is 2.83. The molecular formula is C17H17N3O2S. The van der Waals surface area contributed by atoms with E-state index in [0.717, 1.165) is 24.2 Å². The van der Waals surface area contributed by atoms with E-state index >= 15 is 0 Å². The number of imidazole rings is 1. The molecule has 0 spiro atoms. The van der Waals surface area contributed by atoms with Crippen molar-refractivity contribution in [2.24, 2.45) is 0 Å². The van der Waals surface area contributed by atoms with Gasteiger partial charge >= 0.3 is 0 Å².